The number of anilines is 1. The van der Waals surface area contributed by atoms with Crippen LogP contribution in [0.3, 0.4) is 0 Å². The zero-order chi connectivity index (χ0) is 13.2. The van der Waals surface area contributed by atoms with E-state index >= 15 is 0 Å². The number of carbonyl (C=O) groups excluding carboxylic acids is 1. The summed E-state index contributed by atoms with van der Waals surface area (Å²) < 4.78 is 10.1. The van der Waals surface area contributed by atoms with Crippen molar-refractivity contribution in [3.8, 4) is 5.75 Å². The predicted molar refractivity (Wildman–Crippen MR) is 71.0 cm³/mol. The quantitative estimate of drug-likeness (QED) is 0.684. The number of methoxy groups -OCH3 is 2. The smallest absolute Gasteiger partial charge is 0.221 e. The molecule has 2 N–H and O–H groups in total. The van der Waals surface area contributed by atoms with Crippen LogP contribution in [0.5, 0.6) is 5.75 Å². The lowest BCUT2D eigenvalue weighted by atomic mass is 10.3. The number of ether oxygens (including phenoxy) is 2. The molecule has 5 heteroatoms. The highest BCUT2D eigenvalue weighted by Crippen LogP contribution is 2.22. The molecule has 0 aliphatic carbocycles. The van der Waals surface area contributed by atoms with Gasteiger partial charge in [-0.25, -0.2) is 0 Å². The van der Waals surface area contributed by atoms with E-state index in [4.69, 9.17) is 9.47 Å². The fourth-order valence-electron chi connectivity index (χ4n) is 1.48. The number of hydrogen-bond acceptors (Lipinski definition) is 4. The molecule has 1 amide bonds. The van der Waals surface area contributed by atoms with Gasteiger partial charge in [0.2, 0.25) is 5.91 Å². The van der Waals surface area contributed by atoms with E-state index in [2.05, 4.69) is 10.6 Å². The van der Waals surface area contributed by atoms with Gasteiger partial charge < -0.3 is 20.1 Å². The highest BCUT2D eigenvalue weighted by molar-refractivity contribution is 5.76. The number of hydrogen-bond donors (Lipinski definition) is 2. The molecule has 1 aromatic carbocycles. The van der Waals surface area contributed by atoms with Gasteiger partial charge in [-0.1, -0.05) is 12.1 Å². The van der Waals surface area contributed by atoms with Gasteiger partial charge in [-0.3, -0.25) is 4.79 Å². The molecule has 0 fully saturated rings. The summed E-state index contributed by atoms with van der Waals surface area (Å²) in [6, 6.07) is 7.62. The molecule has 0 aromatic heterocycles. The largest absolute Gasteiger partial charge is 0.495 e. The minimum Gasteiger partial charge on any atom is -0.495 e. The molecule has 1 aromatic rings. The molecule has 0 heterocycles. The van der Waals surface area contributed by atoms with E-state index < -0.39 is 0 Å². The SMILES string of the molecule is COCCNC(=O)CCNc1ccccc1OC. The van der Waals surface area contributed by atoms with Gasteiger partial charge in [0, 0.05) is 26.6 Å². The third kappa shape index (κ3) is 5.05. The summed E-state index contributed by atoms with van der Waals surface area (Å²) in [7, 11) is 3.23. The molecule has 0 saturated heterocycles. The molecular weight excluding hydrogens is 232 g/mol. The fraction of sp³-hybridized carbons (Fsp3) is 0.462. The Balaban J connectivity index is 2.26. The maximum atomic E-state index is 11.4. The minimum atomic E-state index is 0.00875. The second-order valence-corrected chi connectivity index (χ2v) is 3.72. The Hall–Kier alpha value is -1.75. The standard InChI is InChI=1S/C13H20N2O3/c1-17-10-9-15-13(16)7-8-14-11-5-3-4-6-12(11)18-2/h3-6,14H,7-10H2,1-2H3,(H,15,16). The summed E-state index contributed by atoms with van der Waals surface area (Å²) in [6.45, 7) is 1.65. The molecule has 5 nitrogen and oxygen atoms in total. The van der Waals surface area contributed by atoms with Gasteiger partial charge in [-0.15, -0.1) is 0 Å². The Labute approximate surface area is 107 Å². The summed E-state index contributed by atoms with van der Waals surface area (Å²) in [5, 5.41) is 5.93. The van der Waals surface area contributed by atoms with Gasteiger partial charge in [0.15, 0.2) is 0 Å². The lowest BCUT2D eigenvalue weighted by Crippen LogP contribution is -2.28. The second-order valence-electron chi connectivity index (χ2n) is 3.72. The lowest BCUT2D eigenvalue weighted by Gasteiger charge is -2.10. The molecule has 0 radical (unpaired) electrons. The Morgan fingerprint density at radius 1 is 1.22 bits per heavy atom. The van der Waals surface area contributed by atoms with Crippen molar-refractivity contribution in [3.63, 3.8) is 0 Å². The first-order valence-electron chi connectivity index (χ1n) is 5.90. The third-order valence-corrected chi connectivity index (χ3v) is 2.40. The molecule has 0 atom stereocenters. The van der Waals surface area contributed by atoms with Crippen LogP contribution in [0.15, 0.2) is 24.3 Å². The number of para-hydroxylation sites is 2. The van der Waals surface area contributed by atoms with E-state index in [9.17, 15) is 4.79 Å². The Morgan fingerprint density at radius 3 is 2.72 bits per heavy atom. The average Bonchev–Trinajstić information content (AvgIpc) is 2.39. The van der Waals surface area contributed by atoms with Crippen LogP contribution in [0.25, 0.3) is 0 Å². The van der Waals surface area contributed by atoms with Crippen LogP contribution < -0.4 is 15.4 Å². The molecule has 0 unspecified atom stereocenters. The van der Waals surface area contributed by atoms with Gasteiger partial charge in [-0.05, 0) is 12.1 Å². The maximum Gasteiger partial charge on any atom is 0.221 e. The van der Waals surface area contributed by atoms with Crippen LogP contribution in [0.1, 0.15) is 6.42 Å². The summed E-state index contributed by atoms with van der Waals surface area (Å²) in [5.74, 6) is 0.784. The zero-order valence-electron chi connectivity index (χ0n) is 10.9. The first-order valence-corrected chi connectivity index (χ1v) is 5.90. The number of nitrogens with one attached hydrogen (secondary N) is 2. The molecule has 0 aliphatic heterocycles. The molecular formula is C13H20N2O3. The highest BCUT2D eigenvalue weighted by atomic mass is 16.5. The van der Waals surface area contributed by atoms with Crippen LogP contribution in [-0.4, -0.2) is 39.8 Å². The monoisotopic (exact) mass is 252 g/mol. The van der Waals surface area contributed by atoms with Crippen molar-refractivity contribution in [2.75, 3.05) is 39.2 Å². The average molecular weight is 252 g/mol. The molecule has 100 valence electrons. The summed E-state index contributed by atoms with van der Waals surface area (Å²) in [5.41, 5.74) is 0.893. The first-order chi connectivity index (χ1) is 8.77. The Bertz CT molecular complexity index is 369. The number of amides is 1. The van der Waals surface area contributed by atoms with Crippen LogP contribution in [0.4, 0.5) is 5.69 Å². The fourth-order valence-corrected chi connectivity index (χ4v) is 1.48. The van der Waals surface area contributed by atoms with Gasteiger partial charge in [0.25, 0.3) is 0 Å². The maximum absolute atomic E-state index is 11.4. The van der Waals surface area contributed by atoms with Gasteiger partial charge >= 0.3 is 0 Å². The number of carbonyl (C=O) groups is 1. The third-order valence-electron chi connectivity index (χ3n) is 2.40. The van der Waals surface area contributed by atoms with Crippen molar-refractivity contribution in [2.45, 2.75) is 6.42 Å². The zero-order valence-corrected chi connectivity index (χ0v) is 10.9. The van der Waals surface area contributed by atoms with Crippen molar-refractivity contribution in [1.29, 1.82) is 0 Å². The topological polar surface area (TPSA) is 59.6 Å². The van der Waals surface area contributed by atoms with Crippen molar-refractivity contribution in [1.82, 2.24) is 5.32 Å². The lowest BCUT2D eigenvalue weighted by molar-refractivity contribution is -0.121. The van der Waals surface area contributed by atoms with Crippen LogP contribution in [0.2, 0.25) is 0 Å². The highest BCUT2D eigenvalue weighted by Gasteiger charge is 2.03. The van der Waals surface area contributed by atoms with Crippen molar-refractivity contribution in [3.05, 3.63) is 24.3 Å². The van der Waals surface area contributed by atoms with Crippen LogP contribution >= 0.6 is 0 Å². The van der Waals surface area contributed by atoms with E-state index in [1.165, 1.54) is 0 Å². The number of benzene rings is 1. The molecule has 0 bridgehead atoms. The van der Waals surface area contributed by atoms with Crippen LogP contribution in [0, 0.1) is 0 Å². The summed E-state index contributed by atoms with van der Waals surface area (Å²) in [4.78, 5) is 11.4. The Morgan fingerprint density at radius 2 is 2.00 bits per heavy atom. The van der Waals surface area contributed by atoms with Gasteiger partial charge in [0.05, 0.1) is 19.4 Å². The van der Waals surface area contributed by atoms with Gasteiger partial charge in [-0.2, -0.15) is 0 Å². The second kappa shape index (κ2) is 8.36. The molecule has 18 heavy (non-hydrogen) atoms. The normalized spacial score (nSPS) is 9.89. The molecule has 0 aliphatic rings. The first kappa shape index (κ1) is 14.3. The van der Waals surface area contributed by atoms with Crippen molar-refractivity contribution in [2.24, 2.45) is 0 Å². The van der Waals surface area contributed by atoms with E-state index in [1.54, 1.807) is 14.2 Å². The van der Waals surface area contributed by atoms with Crippen molar-refractivity contribution >= 4 is 11.6 Å². The predicted octanol–water partition coefficient (Wildman–Crippen LogP) is 1.26. The number of rotatable bonds is 8. The van der Waals surface area contributed by atoms with E-state index in [0.717, 1.165) is 11.4 Å². The summed E-state index contributed by atoms with van der Waals surface area (Å²) in [6.07, 6.45) is 0.418. The molecule has 0 saturated carbocycles. The van der Waals surface area contributed by atoms with E-state index in [1.807, 2.05) is 24.3 Å². The van der Waals surface area contributed by atoms with Crippen LogP contribution in [-0.2, 0) is 9.53 Å². The minimum absolute atomic E-state index is 0.00875. The van der Waals surface area contributed by atoms with Crippen molar-refractivity contribution < 1.29 is 14.3 Å². The van der Waals surface area contributed by atoms with Gasteiger partial charge in [0.1, 0.15) is 5.75 Å². The summed E-state index contributed by atoms with van der Waals surface area (Å²) >= 11 is 0. The molecule has 1 rings (SSSR count). The molecule has 0 spiro atoms. The van der Waals surface area contributed by atoms with E-state index in [-0.39, 0.29) is 5.91 Å². The van der Waals surface area contributed by atoms with E-state index in [0.29, 0.717) is 26.1 Å². The Kier molecular flexibility index (Phi) is 6.64.